The molecule has 1 saturated heterocycles. The van der Waals surface area contributed by atoms with Crippen molar-refractivity contribution in [1.82, 2.24) is 4.90 Å². The van der Waals surface area contributed by atoms with Crippen LogP contribution in [0.25, 0.3) is 0 Å². The summed E-state index contributed by atoms with van der Waals surface area (Å²) < 4.78 is 11.1. The van der Waals surface area contributed by atoms with Crippen molar-refractivity contribution in [3.63, 3.8) is 0 Å². The molecule has 110 valence electrons. The van der Waals surface area contributed by atoms with Crippen molar-refractivity contribution in [2.24, 2.45) is 0 Å². The summed E-state index contributed by atoms with van der Waals surface area (Å²) >= 11 is 1.92. The SMILES string of the molecule is COc1ccc(OC)c2c1SCC2C[C@H]1CCCN1C. The molecule has 1 fully saturated rings. The molecule has 20 heavy (non-hydrogen) atoms. The highest BCUT2D eigenvalue weighted by Crippen LogP contribution is 2.51. The second-order valence-electron chi connectivity index (χ2n) is 5.73. The van der Waals surface area contributed by atoms with Crippen LogP contribution < -0.4 is 9.47 Å². The Hall–Kier alpha value is -0.870. The molecule has 0 aromatic heterocycles. The molecule has 3 nitrogen and oxygen atoms in total. The van der Waals surface area contributed by atoms with Gasteiger partial charge < -0.3 is 14.4 Å². The molecule has 0 bridgehead atoms. The Kier molecular flexibility index (Phi) is 4.13. The predicted octanol–water partition coefficient (Wildman–Crippen LogP) is 3.38. The molecule has 2 heterocycles. The Bertz CT molecular complexity index is 492. The molecule has 2 aliphatic rings. The van der Waals surface area contributed by atoms with Crippen LogP contribution in [0.2, 0.25) is 0 Å². The molecule has 1 aromatic carbocycles. The van der Waals surface area contributed by atoms with Gasteiger partial charge >= 0.3 is 0 Å². The van der Waals surface area contributed by atoms with Crippen LogP contribution in [0.1, 0.15) is 30.7 Å². The Morgan fingerprint density at radius 3 is 2.65 bits per heavy atom. The number of methoxy groups -OCH3 is 2. The molecule has 0 saturated carbocycles. The van der Waals surface area contributed by atoms with Crippen molar-refractivity contribution in [2.45, 2.75) is 36.1 Å². The minimum atomic E-state index is 0.589. The molecule has 2 aliphatic heterocycles. The monoisotopic (exact) mass is 293 g/mol. The highest BCUT2D eigenvalue weighted by atomic mass is 32.2. The number of rotatable bonds is 4. The second-order valence-corrected chi connectivity index (χ2v) is 6.76. The fourth-order valence-corrected chi connectivity index (χ4v) is 4.88. The standard InChI is InChI=1S/C16H23NO2S/c1-17-8-4-5-12(17)9-11-10-20-16-14(19-3)7-6-13(18-2)15(11)16/h6-7,11-12H,4-5,8-10H2,1-3H3/t11?,12-/m1/s1. The zero-order valence-corrected chi connectivity index (χ0v) is 13.3. The lowest BCUT2D eigenvalue weighted by Crippen LogP contribution is -2.26. The van der Waals surface area contributed by atoms with E-state index in [4.69, 9.17) is 9.47 Å². The topological polar surface area (TPSA) is 21.7 Å². The number of ether oxygens (including phenoxy) is 2. The number of hydrogen-bond donors (Lipinski definition) is 0. The van der Waals surface area contributed by atoms with Gasteiger partial charge in [-0.3, -0.25) is 0 Å². The number of hydrogen-bond acceptors (Lipinski definition) is 4. The van der Waals surface area contributed by atoms with Gasteiger partial charge in [0.25, 0.3) is 0 Å². The first kappa shape index (κ1) is 14.1. The van der Waals surface area contributed by atoms with E-state index in [0.717, 1.165) is 23.3 Å². The van der Waals surface area contributed by atoms with E-state index in [1.54, 1.807) is 14.2 Å². The van der Waals surface area contributed by atoms with Crippen molar-refractivity contribution < 1.29 is 9.47 Å². The summed E-state index contributed by atoms with van der Waals surface area (Å²) in [4.78, 5) is 3.80. The molecule has 0 spiro atoms. The summed E-state index contributed by atoms with van der Waals surface area (Å²) in [5.74, 6) is 3.76. The summed E-state index contributed by atoms with van der Waals surface area (Å²) in [7, 11) is 5.77. The summed E-state index contributed by atoms with van der Waals surface area (Å²) in [6.45, 7) is 1.24. The summed E-state index contributed by atoms with van der Waals surface area (Å²) in [5.41, 5.74) is 1.37. The van der Waals surface area contributed by atoms with Gasteiger partial charge in [-0.15, -0.1) is 11.8 Å². The van der Waals surface area contributed by atoms with Crippen LogP contribution in [0.15, 0.2) is 17.0 Å². The molecule has 1 aromatic rings. The Labute approximate surface area is 125 Å². The summed E-state index contributed by atoms with van der Waals surface area (Å²) in [5, 5.41) is 0. The molecule has 0 radical (unpaired) electrons. The third-order valence-electron chi connectivity index (χ3n) is 4.62. The molecule has 0 amide bonds. The number of benzene rings is 1. The first-order chi connectivity index (χ1) is 9.74. The fraction of sp³-hybridized carbons (Fsp3) is 0.625. The fourth-order valence-electron chi connectivity index (χ4n) is 3.49. The third kappa shape index (κ3) is 2.40. The van der Waals surface area contributed by atoms with Crippen LogP contribution in [0.3, 0.4) is 0 Å². The van der Waals surface area contributed by atoms with Gasteiger partial charge in [-0.1, -0.05) is 0 Å². The van der Waals surface area contributed by atoms with Crippen LogP contribution in [0, 0.1) is 0 Å². The van der Waals surface area contributed by atoms with Crippen LogP contribution in [0.5, 0.6) is 11.5 Å². The van der Waals surface area contributed by atoms with E-state index in [1.165, 1.54) is 36.3 Å². The van der Waals surface area contributed by atoms with Crippen LogP contribution in [0.4, 0.5) is 0 Å². The van der Waals surface area contributed by atoms with E-state index in [-0.39, 0.29) is 0 Å². The average molecular weight is 293 g/mol. The van der Waals surface area contributed by atoms with Gasteiger partial charge in [0.1, 0.15) is 11.5 Å². The van der Waals surface area contributed by atoms with Gasteiger partial charge in [0.15, 0.2) is 0 Å². The molecule has 2 atom stereocenters. The molecular weight excluding hydrogens is 270 g/mol. The Morgan fingerprint density at radius 2 is 2.00 bits per heavy atom. The lowest BCUT2D eigenvalue weighted by molar-refractivity contribution is 0.284. The van der Waals surface area contributed by atoms with Crippen molar-refractivity contribution >= 4 is 11.8 Å². The maximum atomic E-state index is 5.60. The van der Waals surface area contributed by atoms with Gasteiger partial charge in [0.05, 0.1) is 19.1 Å². The Balaban J connectivity index is 1.88. The largest absolute Gasteiger partial charge is 0.496 e. The minimum Gasteiger partial charge on any atom is -0.496 e. The highest BCUT2D eigenvalue weighted by molar-refractivity contribution is 7.99. The van der Waals surface area contributed by atoms with Gasteiger partial charge in [-0.05, 0) is 50.9 Å². The second kappa shape index (κ2) is 5.86. The van der Waals surface area contributed by atoms with Crippen molar-refractivity contribution in [2.75, 3.05) is 33.6 Å². The first-order valence-corrected chi connectivity index (χ1v) is 8.31. The van der Waals surface area contributed by atoms with E-state index < -0.39 is 0 Å². The zero-order valence-electron chi connectivity index (χ0n) is 12.5. The number of likely N-dealkylation sites (tertiary alicyclic amines) is 1. The maximum absolute atomic E-state index is 5.60. The minimum absolute atomic E-state index is 0.589. The average Bonchev–Trinajstić information content (AvgIpc) is 3.06. The highest BCUT2D eigenvalue weighted by Gasteiger charge is 2.33. The molecule has 4 heteroatoms. The molecular formula is C16H23NO2S. The van der Waals surface area contributed by atoms with Gasteiger partial charge in [-0.2, -0.15) is 0 Å². The lowest BCUT2D eigenvalue weighted by atomic mass is 9.92. The first-order valence-electron chi connectivity index (χ1n) is 7.32. The number of fused-ring (bicyclic) bond motifs is 1. The summed E-state index contributed by atoms with van der Waals surface area (Å²) in [6.07, 6.45) is 3.91. The third-order valence-corrected chi connectivity index (χ3v) is 5.90. The van der Waals surface area contributed by atoms with Crippen molar-refractivity contribution in [3.8, 4) is 11.5 Å². The van der Waals surface area contributed by atoms with Gasteiger partial charge in [-0.25, -0.2) is 0 Å². The van der Waals surface area contributed by atoms with Gasteiger partial charge in [0.2, 0.25) is 0 Å². The molecule has 1 unspecified atom stereocenters. The van der Waals surface area contributed by atoms with Crippen molar-refractivity contribution in [1.29, 1.82) is 0 Å². The number of thioether (sulfide) groups is 1. The summed E-state index contributed by atoms with van der Waals surface area (Å²) in [6, 6.07) is 4.80. The maximum Gasteiger partial charge on any atom is 0.132 e. The quantitative estimate of drug-likeness (QED) is 0.848. The van der Waals surface area contributed by atoms with Crippen LogP contribution in [-0.2, 0) is 0 Å². The Morgan fingerprint density at radius 1 is 1.25 bits per heavy atom. The van der Waals surface area contributed by atoms with Crippen molar-refractivity contribution in [3.05, 3.63) is 17.7 Å². The molecule has 3 rings (SSSR count). The van der Waals surface area contributed by atoms with E-state index in [0.29, 0.717) is 5.92 Å². The predicted molar refractivity (Wildman–Crippen MR) is 83.3 cm³/mol. The molecule has 0 aliphatic carbocycles. The lowest BCUT2D eigenvalue weighted by Gasteiger charge is -2.24. The normalized spacial score (nSPS) is 25.8. The van der Waals surface area contributed by atoms with Crippen LogP contribution >= 0.6 is 11.8 Å². The smallest absolute Gasteiger partial charge is 0.132 e. The van der Waals surface area contributed by atoms with Crippen LogP contribution in [-0.4, -0.2) is 44.5 Å². The van der Waals surface area contributed by atoms with E-state index >= 15 is 0 Å². The molecule has 0 N–H and O–H groups in total. The van der Waals surface area contributed by atoms with E-state index in [9.17, 15) is 0 Å². The van der Waals surface area contributed by atoms with E-state index in [1.807, 2.05) is 17.8 Å². The van der Waals surface area contributed by atoms with Gasteiger partial charge in [0, 0.05) is 17.4 Å². The number of nitrogens with zero attached hydrogens (tertiary/aromatic N) is 1. The zero-order chi connectivity index (χ0) is 14.1. The van der Waals surface area contributed by atoms with E-state index in [2.05, 4.69) is 18.0 Å².